The molecule has 1 heterocycles. The maximum atomic E-state index is 12.8. The number of aryl methyl sites for hydroxylation is 2. The minimum atomic E-state index is -3.69. The van der Waals surface area contributed by atoms with Gasteiger partial charge in [0.15, 0.2) is 0 Å². The van der Waals surface area contributed by atoms with Crippen molar-refractivity contribution in [3.05, 3.63) is 77.5 Å². The van der Waals surface area contributed by atoms with Gasteiger partial charge in [-0.3, -0.25) is 4.72 Å². The summed E-state index contributed by atoms with van der Waals surface area (Å²) in [6.45, 7) is 7.95. The van der Waals surface area contributed by atoms with E-state index in [4.69, 9.17) is 0 Å². The van der Waals surface area contributed by atoms with E-state index in [1.54, 1.807) is 18.2 Å². The van der Waals surface area contributed by atoms with Crippen LogP contribution in [0.2, 0.25) is 0 Å². The lowest BCUT2D eigenvalue weighted by Crippen LogP contribution is -2.15. The molecular formula is C22H24N2O2S. The summed E-state index contributed by atoms with van der Waals surface area (Å²) >= 11 is 0. The summed E-state index contributed by atoms with van der Waals surface area (Å²) < 4.78 is 28.1. The van der Waals surface area contributed by atoms with E-state index in [0.29, 0.717) is 17.3 Å². The molecule has 0 aliphatic heterocycles. The normalized spacial score (nSPS) is 11.6. The standard InChI is InChI=1S/C22H24N2O2S/c1-15(2)18-8-10-19(11-9-18)20-12-13-21(16(3)14-20)27(25,26)24-22-7-5-6-17(4)23-22/h5-15H,1-4H3,(H,23,24). The number of hydrogen-bond donors (Lipinski definition) is 1. The Kier molecular flexibility index (Phi) is 5.33. The fraction of sp³-hybridized carbons (Fsp3) is 0.227. The van der Waals surface area contributed by atoms with E-state index in [2.05, 4.69) is 47.8 Å². The van der Waals surface area contributed by atoms with Crippen molar-refractivity contribution in [2.45, 2.75) is 38.5 Å². The Bertz CT molecular complexity index is 1060. The highest BCUT2D eigenvalue weighted by atomic mass is 32.2. The summed E-state index contributed by atoms with van der Waals surface area (Å²) in [6, 6.07) is 19.0. The second-order valence-electron chi connectivity index (χ2n) is 7.03. The predicted molar refractivity (Wildman–Crippen MR) is 110 cm³/mol. The van der Waals surface area contributed by atoms with Gasteiger partial charge >= 0.3 is 0 Å². The SMILES string of the molecule is Cc1cccc(NS(=O)(=O)c2ccc(-c3ccc(C(C)C)cc3)cc2C)n1. The van der Waals surface area contributed by atoms with Crippen LogP contribution in [0.1, 0.15) is 36.6 Å². The highest BCUT2D eigenvalue weighted by Gasteiger charge is 2.18. The molecular weight excluding hydrogens is 356 g/mol. The van der Waals surface area contributed by atoms with Crippen molar-refractivity contribution in [3.8, 4) is 11.1 Å². The predicted octanol–water partition coefficient (Wildman–Crippen LogP) is 5.29. The van der Waals surface area contributed by atoms with Crippen LogP contribution in [0.4, 0.5) is 5.82 Å². The van der Waals surface area contributed by atoms with Crippen LogP contribution < -0.4 is 4.72 Å². The quantitative estimate of drug-likeness (QED) is 0.654. The first kappa shape index (κ1) is 19.1. The summed E-state index contributed by atoms with van der Waals surface area (Å²) in [6.07, 6.45) is 0. The average Bonchev–Trinajstić information content (AvgIpc) is 2.61. The summed E-state index contributed by atoms with van der Waals surface area (Å²) in [5.41, 5.74) is 4.80. The van der Waals surface area contributed by atoms with Gasteiger partial charge in [-0.15, -0.1) is 0 Å². The number of nitrogens with zero attached hydrogens (tertiary/aromatic N) is 1. The molecule has 0 spiro atoms. The van der Waals surface area contributed by atoms with Gasteiger partial charge in [-0.2, -0.15) is 0 Å². The van der Waals surface area contributed by atoms with E-state index in [0.717, 1.165) is 16.8 Å². The average molecular weight is 381 g/mol. The minimum absolute atomic E-state index is 0.258. The van der Waals surface area contributed by atoms with Gasteiger partial charge in [0.25, 0.3) is 10.0 Å². The number of pyridine rings is 1. The number of rotatable bonds is 5. The van der Waals surface area contributed by atoms with E-state index >= 15 is 0 Å². The number of sulfonamides is 1. The maximum absolute atomic E-state index is 12.8. The lowest BCUT2D eigenvalue weighted by atomic mass is 9.98. The summed E-state index contributed by atoms with van der Waals surface area (Å²) in [4.78, 5) is 4.47. The Morgan fingerprint density at radius 3 is 2.15 bits per heavy atom. The van der Waals surface area contributed by atoms with Crippen molar-refractivity contribution in [1.82, 2.24) is 4.98 Å². The fourth-order valence-electron chi connectivity index (χ4n) is 2.98. The van der Waals surface area contributed by atoms with Crippen LogP contribution in [-0.2, 0) is 10.0 Å². The third kappa shape index (κ3) is 4.37. The van der Waals surface area contributed by atoms with Gasteiger partial charge in [-0.25, -0.2) is 13.4 Å². The fourth-order valence-corrected chi connectivity index (χ4v) is 4.21. The number of hydrogen-bond acceptors (Lipinski definition) is 3. The Balaban J connectivity index is 1.89. The van der Waals surface area contributed by atoms with Gasteiger partial charge < -0.3 is 0 Å². The maximum Gasteiger partial charge on any atom is 0.263 e. The van der Waals surface area contributed by atoms with Crippen LogP contribution >= 0.6 is 0 Å². The van der Waals surface area contributed by atoms with Crippen molar-refractivity contribution in [1.29, 1.82) is 0 Å². The Morgan fingerprint density at radius 2 is 1.56 bits per heavy atom. The molecule has 2 aromatic carbocycles. The van der Waals surface area contributed by atoms with E-state index < -0.39 is 10.0 Å². The summed E-state index contributed by atoms with van der Waals surface area (Å²) in [5.74, 6) is 0.803. The highest BCUT2D eigenvalue weighted by molar-refractivity contribution is 7.92. The zero-order valence-electron chi connectivity index (χ0n) is 16.0. The molecule has 0 saturated heterocycles. The molecule has 1 aromatic heterocycles. The molecule has 3 rings (SSSR count). The number of aromatic nitrogens is 1. The first-order valence-corrected chi connectivity index (χ1v) is 10.4. The largest absolute Gasteiger partial charge is 0.263 e. The lowest BCUT2D eigenvalue weighted by Gasteiger charge is -2.12. The zero-order valence-corrected chi connectivity index (χ0v) is 16.8. The molecule has 0 saturated carbocycles. The van der Waals surface area contributed by atoms with Gasteiger partial charge in [0, 0.05) is 5.69 Å². The molecule has 0 unspecified atom stereocenters. The van der Waals surface area contributed by atoms with Crippen molar-refractivity contribution in [3.63, 3.8) is 0 Å². The van der Waals surface area contributed by atoms with E-state index in [-0.39, 0.29) is 4.90 Å². The third-order valence-corrected chi connectivity index (χ3v) is 6.02. The molecule has 0 aliphatic carbocycles. The summed E-state index contributed by atoms with van der Waals surface area (Å²) in [5, 5.41) is 0. The molecule has 0 radical (unpaired) electrons. The smallest absolute Gasteiger partial charge is 0.263 e. The number of anilines is 1. The van der Waals surface area contributed by atoms with Crippen LogP contribution in [0.25, 0.3) is 11.1 Å². The molecule has 140 valence electrons. The van der Waals surface area contributed by atoms with Gasteiger partial charge in [0.2, 0.25) is 0 Å². The molecule has 0 amide bonds. The van der Waals surface area contributed by atoms with Gasteiger partial charge in [0.05, 0.1) is 4.90 Å². The van der Waals surface area contributed by atoms with Gasteiger partial charge in [-0.05, 0) is 60.2 Å². The van der Waals surface area contributed by atoms with Crippen molar-refractivity contribution >= 4 is 15.8 Å². The third-order valence-electron chi connectivity index (χ3n) is 4.50. The van der Waals surface area contributed by atoms with Crippen LogP contribution in [0.3, 0.4) is 0 Å². The van der Waals surface area contributed by atoms with Crippen molar-refractivity contribution in [2.75, 3.05) is 4.72 Å². The van der Waals surface area contributed by atoms with Crippen LogP contribution in [-0.4, -0.2) is 13.4 Å². The monoisotopic (exact) mass is 380 g/mol. The van der Waals surface area contributed by atoms with Crippen LogP contribution in [0.15, 0.2) is 65.6 Å². The van der Waals surface area contributed by atoms with Crippen molar-refractivity contribution < 1.29 is 8.42 Å². The molecule has 27 heavy (non-hydrogen) atoms. The molecule has 0 fully saturated rings. The van der Waals surface area contributed by atoms with E-state index in [1.807, 2.05) is 32.0 Å². The molecule has 0 aliphatic rings. The van der Waals surface area contributed by atoms with Gasteiger partial charge in [0.1, 0.15) is 5.82 Å². The first-order valence-electron chi connectivity index (χ1n) is 8.94. The molecule has 0 atom stereocenters. The Morgan fingerprint density at radius 1 is 0.889 bits per heavy atom. The second-order valence-corrected chi connectivity index (χ2v) is 8.68. The summed E-state index contributed by atoms with van der Waals surface area (Å²) in [7, 11) is -3.69. The van der Waals surface area contributed by atoms with Crippen LogP contribution in [0.5, 0.6) is 0 Å². The van der Waals surface area contributed by atoms with Crippen molar-refractivity contribution in [2.24, 2.45) is 0 Å². The molecule has 0 bridgehead atoms. The Hall–Kier alpha value is -2.66. The number of nitrogens with one attached hydrogen (secondary N) is 1. The number of benzene rings is 2. The Labute approximate surface area is 161 Å². The molecule has 5 heteroatoms. The molecule has 3 aromatic rings. The second kappa shape index (κ2) is 7.53. The topological polar surface area (TPSA) is 59.1 Å². The molecule has 1 N–H and O–H groups in total. The van der Waals surface area contributed by atoms with Gasteiger partial charge in [-0.1, -0.05) is 56.3 Å². The first-order chi connectivity index (χ1) is 12.8. The lowest BCUT2D eigenvalue weighted by molar-refractivity contribution is 0.600. The van der Waals surface area contributed by atoms with Crippen LogP contribution in [0, 0.1) is 13.8 Å². The van der Waals surface area contributed by atoms with E-state index in [1.165, 1.54) is 5.56 Å². The zero-order chi connectivity index (χ0) is 19.6. The highest BCUT2D eigenvalue weighted by Crippen LogP contribution is 2.27. The molecule has 4 nitrogen and oxygen atoms in total. The minimum Gasteiger partial charge on any atom is -0.263 e. The van der Waals surface area contributed by atoms with E-state index in [9.17, 15) is 8.42 Å².